The summed E-state index contributed by atoms with van der Waals surface area (Å²) >= 11 is 12.6. The highest BCUT2D eigenvalue weighted by Crippen LogP contribution is 2.37. The summed E-state index contributed by atoms with van der Waals surface area (Å²) in [5.41, 5.74) is 7.33. The van der Waals surface area contributed by atoms with Crippen molar-refractivity contribution in [3.05, 3.63) is 75.7 Å². The summed E-state index contributed by atoms with van der Waals surface area (Å²) in [5.74, 6) is -1.63. The van der Waals surface area contributed by atoms with E-state index in [1.807, 2.05) is 19.9 Å². The molecule has 0 radical (unpaired) electrons. The minimum absolute atomic E-state index is 0.00804. The van der Waals surface area contributed by atoms with E-state index in [0.29, 0.717) is 46.3 Å². The Labute approximate surface area is 218 Å². The van der Waals surface area contributed by atoms with Crippen molar-refractivity contribution in [3.63, 3.8) is 0 Å². The third-order valence-electron chi connectivity index (χ3n) is 5.97. The molecule has 2 aromatic carbocycles. The number of hydrogen-bond acceptors (Lipinski definition) is 5. The zero-order chi connectivity index (χ0) is 26.1. The lowest BCUT2D eigenvalue weighted by atomic mass is 10.0. The van der Waals surface area contributed by atoms with Crippen LogP contribution < -0.4 is 15.5 Å². The number of amides is 2. The molecule has 2 atom stereocenters. The van der Waals surface area contributed by atoms with Crippen molar-refractivity contribution < 1.29 is 18.7 Å². The molecule has 0 bridgehead atoms. The summed E-state index contributed by atoms with van der Waals surface area (Å²) < 4.78 is 20.4. The lowest BCUT2D eigenvalue weighted by Gasteiger charge is -2.38. The van der Waals surface area contributed by atoms with Gasteiger partial charge in [0.25, 0.3) is 5.91 Å². The number of halogens is 3. The number of morpholine rings is 1. The molecule has 4 rings (SSSR count). The van der Waals surface area contributed by atoms with Crippen molar-refractivity contribution in [2.75, 3.05) is 29.9 Å². The summed E-state index contributed by atoms with van der Waals surface area (Å²) in [6.07, 6.45) is 1.40. The molecule has 188 valence electrons. The Balaban J connectivity index is 1.84. The van der Waals surface area contributed by atoms with Crippen LogP contribution in [0, 0.1) is 5.82 Å². The van der Waals surface area contributed by atoms with E-state index >= 15 is 0 Å². The minimum Gasteiger partial charge on any atom is -0.372 e. The standard InChI is InChI=1S/C26H25Cl2FN4O3/c1-14-12-33(13-15(2)36-14)22-10-17(18-9-16(24(30)34)7-8-19(18)27)11-31-25(22)32(3)26(35)23-20(28)5-4-6-21(23)29/h4-11,14-15H,12-13H2,1-3H3,(H2,30,34). The Morgan fingerprint density at radius 1 is 1.11 bits per heavy atom. The third kappa shape index (κ3) is 5.16. The van der Waals surface area contributed by atoms with E-state index in [0.717, 1.165) is 0 Å². The molecule has 36 heavy (non-hydrogen) atoms. The number of rotatable bonds is 5. The smallest absolute Gasteiger partial charge is 0.263 e. The maximum absolute atomic E-state index is 14.5. The van der Waals surface area contributed by atoms with Gasteiger partial charge >= 0.3 is 0 Å². The average molecular weight is 531 g/mol. The van der Waals surface area contributed by atoms with Crippen LogP contribution in [0.3, 0.4) is 0 Å². The fourth-order valence-corrected chi connectivity index (χ4v) is 4.80. The van der Waals surface area contributed by atoms with E-state index < -0.39 is 17.6 Å². The maximum Gasteiger partial charge on any atom is 0.263 e. The van der Waals surface area contributed by atoms with Gasteiger partial charge in [-0.25, -0.2) is 9.37 Å². The van der Waals surface area contributed by atoms with Crippen LogP contribution in [-0.4, -0.2) is 49.1 Å². The molecular formula is C26H25Cl2FN4O3. The van der Waals surface area contributed by atoms with Crippen molar-refractivity contribution in [1.82, 2.24) is 4.98 Å². The van der Waals surface area contributed by atoms with Gasteiger partial charge in [-0.3, -0.25) is 14.5 Å². The number of carbonyl (C=O) groups is 2. The number of hydrogen-bond donors (Lipinski definition) is 1. The van der Waals surface area contributed by atoms with Crippen LogP contribution in [0.25, 0.3) is 11.1 Å². The van der Waals surface area contributed by atoms with E-state index in [1.165, 1.54) is 30.1 Å². The molecule has 1 saturated heterocycles. The monoisotopic (exact) mass is 530 g/mol. The number of aromatic nitrogens is 1. The zero-order valence-electron chi connectivity index (χ0n) is 20.0. The van der Waals surface area contributed by atoms with Crippen LogP contribution in [-0.2, 0) is 4.74 Å². The van der Waals surface area contributed by atoms with Gasteiger partial charge in [-0.15, -0.1) is 0 Å². The van der Waals surface area contributed by atoms with Crippen LogP contribution in [0.5, 0.6) is 0 Å². The van der Waals surface area contributed by atoms with Crippen molar-refractivity contribution >= 4 is 46.5 Å². The topological polar surface area (TPSA) is 88.8 Å². The summed E-state index contributed by atoms with van der Waals surface area (Å²) in [7, 11) is 1.52. The first kappa shape index (κ1) is 25.9. The van der Waals surface area contributed by atoms with E-state index in [4.69, 9.17) is 33.7 Å². The molecule has 2 heterocycles. The largest absolute Gasteiger partial charge is 0.372 e. The summed E-state index contributed by atoms with van der Waals surface area (Å²) in [6, 6.07) is 10.7. The van der Waals surface area contributed by atoms with Gasteiger partial charge < -0.3 is 15.4 Å². The number of anilines is 2. The predicted octanol–water partition coefficient (Wildman–Crippen LogP) is 5.18. The number of carbonyl (C=O) groups excluding carboxylic acids is 2. The molecule has 0 spiro atoms. The summed E-state index contributed by atoms with van der Waals surface area (Å²) in [6.45, 7) is 5.00. The molecule has 0 saturated carbocycles. The maximum atomic E-state index is 14.5. The highest BCUT2D eigenvalue weighted by Gasteiger charge is 2.29. The molecule has 2 N–H and O–H groups in total. The third-order valence-corrected chi connectivity index (χ3v) is 6.61. The fraction of sp³-hybridized carbons (Fsp3) is 0.269. The van der Waals surface area contributed by atoms with Gasteiger partial charge in [0, 0.05) is 48.0 Å². The second-order valence-electron chi connectivity index (χ2n) is 8.75. The van der Waals surface area contributed by atoms with Crippen molar-refractivity contribution in [2.24, 2.45) is 5.73 Å². The molecule has 1 aliphatic rings. The fourth-order valence-electron chi connectivity index (χ4n) is 4.32. The van der Waals surface area contributed by atoms with Gasteiger partial charge in [-0.05, 0) is 50.2 Å². The number of primary amides is 1. The second-order valence-corrected chi connectivity index (χ2v) is 9.56. The summed E-state index contributed by atoms with van der Waals surface area (Å²) in [5, 5.41) is 0.417. The molecule has 1 aliphatic heterocycles. The molecule has 2 amide bonds. The quantitative estimate of drug-likeness (QED) is 0.490. The second kappa shape index (κ2) is 10.4. The average Bonchev–Trinajstić information content (AvgIpc) is 2.82. The number of ether oxygens (including phenoxy) is 1. The van der Waals surface area contributed by atoms with Crippen molar-refractivity contribution in [3.8, 4) is 11.1 Å². The Kier molecular flexibility index (Phi) is 7.49. The number of benzene rings is 2. The molecular weight excluding hydrogens is 506 g/mol. The normalized spacial score (nSPS) is 17.7. The SMILES string of the molecule is CC1CN(c2cc(-c3cc(C(N)=O)ccc3Cl)cnc2N(C)C(=O)c2c(F)cccc2Cl)CC(C)O1. The molecule has 7 nitrogen and oxygen atoms in total. The number of pyridine rings is 1. The summed E-state index contributed by atoms with van der Waals surface area (Å²) in [4.78, 5) is 33.0. The van der Waals surface area contributed by atoms with Crippen LogP contribution in [0.15, 0.2) is 48.7 Å². The highest BCUT2D eigenvalue weighted by molar-refractivity contribution is 6.34. The predicted molar refractivity (Wildman–Crippen MR) is 140 cm³/mol. The highest BCUT2D eigenvalue weighted by atomic mass is 35.5. The van der Waals surface area contributed by atoms with Crippen LogP contribution >= 0.6 is 23.2 Å². The van der Waals surface area contributed by atoms with Gasteiger partial charge in [-0.1, -0.05) is 29.3 Å². The molecule has 10 heteroatoms. The lowest BCUT2D eigenvalue weighted by Crippen LogP contribution is -2.46. The van der Waals surface area contributed by atoms with Crippen molar-refractivity contribution in [1.29, 1.82) is 0 Å². The Morgan fingerprint density at radius 2 is 1.81 bits per heavy atom. The van der Waals surface area contributed by atoms with Gasteiger partial charge in [0.1, 0.15) is 5.82 Å². The van der Waals surface area contributed by atoms with E-state index in [1.54, 1.807) is 24.4 Å². The Bertz CT molecular complexity index is 1310. The molecule has 1 aromatic heterocycles. The first-order valence-corrected chi connectivity index (χ1v) is 12.0. The zero-order valence-corrected chi connectivity index (χ0v) is 21.5. The molecule has 2 unspecified atom stereocenters. The van der Waals surface area contributed by atoms with Gasteiger partial charge in [-0.2, -0.15) is 0 Å². The van der Waals surface area contributed by atoms with Gasteiger partial charge in [0.15, 0.2) is 5.82 Å². The molecule has 1 fully saturated rings. The van der Waals surface area contributed by atoms with E-state index in [-0.39, 0.29) is 22.8 Å². The van der Waals surface area contributed by atoms with Crippen molar-refractivity contribution in [2.45, 2.75) is 26.1 Å². The number of nitrogens with two attached hydrogens (primary N) is 1. The van der Waals surface area contributed by atoms with E-state index in [2.05, 4.69) is 9.88 Å². The van der Waals surface area contributed by atoms with Gasteiger partial charge in [0.05, 0.1) is 28.5 Å². The van der Waals surface area contributed by atoms with Crippen LogP contribution in [0.2, 0.25) is 10.0 Å². The molecule has 0 aliphatic carbocycles. The Hall–Kier alpha value is -3.20. The minimum atomic E-state index is -0.721. The van der Waals surface area contributed by atoms with E-state index in [9.17, 15) is 14.0 Å². The molecule has 3 aromatic rings. The first-order chi connectivity index (χ1) is 17.1. The van der Waals surface area contributed by atoms with Crippen LogP contribution in [0.1, 0.15) is 34.6 Å². The van der Waals surface area contributed by atoms with Gasteiger partial charge in [0.2, 0.25) is 5.91 Å². The lowest BCUT2D eigenvalue weighted by molar-refractivity contribution is -0.00519. The first-order valence-electron chi connectivity index (χ1n) is 11.3. The Morgan fingerprint density at radius 3 is 2.44 bits per heavy atom. The number of nitrogens with zero attached hydrogens (tertiary/aromatic N) is 3. The van der Waals surface area contributed by atoms with Crippen LogP contribution in [0.4, 0.5) is 15.9 Å².